The first-order valence-electron chi connectivity index (χ1n) is 9.06. The zero-order valence-electron chi connectivity index (χ0n) is 15.1. The van der Waals surface area contributed by atoms with E-state index >= 15 is 0 Å². The summed E-state index contributed by atoms with van der Waals surface area (Å²) in [6.07, 6.45) is 5.74. The Kier molecular flexibility index (Phi) is 7.38. The lowest BCUT2D eigenvalue weighted by Gasteiger charge is -2.29. The third-order valence-electron chi connectivity index (χ3n) is 4.98. The van der Waals surface area contributed by atoms with Gasteiger partial charge < -0.3 is 16.8 Å². The number of carbonyl (C=O) groups is 2. The zero-order valence-corrected chi connectivity index (χ0v) is 16.0. The number of rotatable bonds is 6. The van der Waals surface area contributed by atoms with Crippen LogP contribution in [0.1, 0.15) is 53.1 Å². The standard InChI is InChI=1S/C19H25N5O2.ClH/c20-12-16(13-7-3-1-4-8-13)22-19(26)15-11-17(18(21)25)24(23-15)14-9-5-2-6-10-14;/h2,5-6,9-11,13,16H,1,3-4,7-8,12,20H2,(H2,21,25)(H,22,26);1H. The highest BCUT2D eigenvalue weighted by atomic mass is 35.5. The van der Waals surface area contributed by atoms with Gasteiger partial charge in [0.2, 0.25) is 0 Å². The average molecular weight is 392 g/mol. The van der Waals surface area contributed by atoms with Crippen LogP contribution >= 0.6 is 12.4 Å². The largest absolute Gasteiger partial charge is 0.364 e. The van der Waals surface area contributed by atoms with Crippen LogP contribution < -0.4 is 16.8 Å². The van der Waals surface area contributed by atoms with Crippen molar-refractivity contribution in [3.8, 4) is 5.69 Å². The van der Waals surface area contributed by atoms with E-state index in [1.807, 2.05) is 18.2 Å². The van der Waals surface area contributed by atoms with Gasteiger partial charge in [-0.05, 0) is 30.9 Å². The Morgan fingerprint density at radius 2 is 1.85 bits per heavy atom. The third kappa shape index (κ3) is 4.87. The average Bonchev–Trinajstić information content (AvgIpc) is 3.13. The van der Waals surface area contributed by atoms with Crippen molar-refractivity contribution < 1.29 is 9.59 Å². The summed E-state index contributed by atoms with van der Waals surface area (Å²) in [5, 5.41) is 7.29. The number of hydrogen-bond donors (Lipinski definition) is 3. The zero-order chi connectivity index (χ0) is 18.5. The molecule has 5 N–H and O–H groups in total. The van der Waals surface area contributed by atoms with Gasteiger partial charge >= 0.3 is 0 Å². The van der Waals surface area contributed by atoms with E-state index in [1.54, 1.807) is 12.1 Å². The number of nitrogens with one attached hydrogen (secondary N) is 1. The fourth-order valence-corrected chi connectivity index (χ4v) is 3.58. The molecule has 27 heavy (non-hydrogen) atoms. The lowest BCUT2D eigenvalue weighted by Crippen LogP contribution is -2.46. The molecule has 8 heteroatoms. The quantitative estimate of drug-likeness (QED) is 0.698. The minimum Gasteiger partial charge on any atom is -0.364 e. The van der Waals surface area contributed by atoms with Crippen molar-refractivity contribution in [1.82, 2.24) is 15.1 Å². The van der Waals surface area contributed by atoms with E-state index in [4.69, 9.17) is 11.5 Å². The number of nitrogens with zero attached hydrogens (tertiary/aromatic N) is 2. The molecule has 1 aliphatic rings. The Hall–Kier alpha value is -2.38. The van der Waals surface area contributed by atoms with E-state index in [-0.39, 0.29) is 35.7 Å². The summed E-state index contributed by atoms with van der Waals surface area (Å²) in [5.74, 6) is -0.573. The first-order chi connectivity index (χ1) is 12.6. The maximum Gasteiger partial charge on any atom is 0.272 e. The molecule has 0 spiro atoms. The van der Waals surface area contributed by atoms with Crippen molar-refractivity contribution in [3.05, 3.63) is 47.8 Å². The number of amides is 2. The maximum atomic E-state index is 12.7. The highest BCUT2D eigenvalue weighted by Gasteiger charge is 2.26. The molecular formula is C19H26ClN5O2. The molecule has 1 aliphatic carbocycles. The number of hydrogen-bond acceptors (Lipinski definition) is 4. The van der Waals surface area contributed by atoms with Crippen LogP contribution in [0, 0.1) is 5.92 Å². The number of primary amides is 1. The van der Waals surface area contributed by atoms with Gasteiger partial charge in [0, 0.05) is 18.7 Å². The number of nitrogens with two attached hydrogens (primary N) is 2. The van der Waals surface area contributed by atoms with Crippen molar-refractivity contribution >= 4 is 24.2 Å². The molecule has 2 amide bonds. The molecule has 1 heterocycles. The first-order valence-corrected chi connectivity index (χ1v) is 9.06. The molecule has 3 rings (SSSR count). The summed E-state index contributed by atoms with van der Waals surface area (Å²) < 4.78 is 1.40. The number of benzene rings is 1. The highest BCUT2D eigenvalue weighted by molar-refractivity contribution is 5.97. The van der Waals surface area contributed by atoms with E-state index in [0.29, 0.717) is 18.2 Å². The second-order valence-electron chi connectivity index (χ2n) is 6.74. The molecule has 0 saturated heterocycles. The lowest BCUT2D eigenvalue weighted by atomic mass is 9.84. The molecule has 1 aromatic heterocycles. The van der Waals surface area contributed by atoms with E-state index in [0.717, 1.165) is 12.8 Å². The van der Waals surface area contributed by atoms with Gasteiger partial charge in [-0.15, -0.1) is 12.4 Å². The fraction of sp³-hybridized carbons (Fsp3) is 0.421. The Morgan fingerprint density at radius 1 is 1.19 bits per heavy atom. The Balaban J connectivity index is 0.00000261. The highest BCUT2D eigenvalue weighted by Crippen LogP contribution is 2.26. The van der Waals surface area contributed by atoms with Crippen molar-refractivity contribution in [1.29, 1.82) is 0 Å². The molecule has 0 bridgehead atoms. The molecule has 1 aromatic carbocycles. The molecule has 146 valence electrons. The van der Waals surface area contributed by atoms with E-state index in [1.165, 1.54) is 30.0 Å². The molecule has 1 atom stereocenters. The summed E-state index contributed by atoms with van der Waals surface area (Å²) in [5.41, 5.74) is 12.4. The number of para-hydroxylation sites is 1. The van der Waals surface area contributed by atoms with E-state index in [2.05, 4.69) is 10.4 Å². The van der Waals surface area contributed by atoms with Crippen LogP contribution in [0.2, 0.25) is 0 Å². The molecule has 7 nitrogen and oxygen atoms in total. The van der Waals surface area contributed by atoms with Gasteiger partial charge in [-0.1, -0.05) is 37.5 Å². The van der Waals surface area contributed by atoms with Crippen LogP contribution in [0.25, 0.3) is 5.69 Å². The molecule has 0 radical (unpaired) electrons. The normalized spacial score (nSPS) is 15.6. The summed E-state index contributed by atoms with van der Waals surface area (Å²) in [7, 11) is 0. The van der Waals surface area contributed by atoms with Crippen molar-refractivity contribution in [3.63, 3.8) is 0 Å². The van der Waals surface area contributed by atoms with Gasteiger partial charge in [0.05, 0.1) is 5.69 Å². The molecule has 1 fully saturated rings. The van der Waals surface area contributed by atoms with E-state index in [9.17, 15) is 9.59 Å². The first kappa shape index (κ1) is 20.9. The monoisotopic (exact) mass is 391 g/mol. The van der Waals surface area contributed by atoms with Gasteiger partial charge in [-0.2, -0.15) is 5.10 Å². The third-order valence-corrected chi connectivity index (χ3v) is 4.98. The van der Waals surface area contributed by atoms with Crippen LogP contribution in [0.3, 0.4) is 0 Å². The lowest BCUT2D eigenvalue weighted by molar-refractivity contribution is 0.0909. The maximum absolute atomic E-state index is 12.7. The van der Waals surface area contributed by atoms with Crippen LogP contribution in [-0.2, 0) is 0 Å². The molecule has 2 aromatic rings. The smallest absolute Gasteiger partial charge is 0.272 e. The second kappa shape index (κ2) is 9.53. The Labute approximate surface area is 164 Å². The van der Waals surface area contributed by atoms with Gasteiger partial charge in [0.1, 0.15) is 5.69 Å². The molecule has 1 unspecified atom stereocenters. The van der Waals surface area contributed by atoms with Gasteiger partial charge in [-0.25, -0.2) is 4.68 Å². The predicted molar refractivity (Wildman–Crippen MR) is 106 cm³/mol. The fourth-order valence-electron chi connectivity index (χ4n) is 3.58. The minimum atomic E-state index is -0.636. The molecular weight excluding hydrogens is 366 g/mol. The summed E-state index contributed by atoms with van der Waals surface area (Å²) >= 11 is 0. The van der Waals surface area contributed by atoms with Crippen molar-refractivity contribution in [2.45, 2.75) is 38.1 Å². The summed E-state index contributed by atoms with van der Waals surface area (Å²) in [6, 6.07) is 10.5. The Bertz CT molecular complexity index is 772. The van der Waals surface area contributed by atoms with Gasteiger partial charge in [-0.3, -0.25) is 9.59 Å². The number of halogens is 1. The van der Waals surface area contributed by atoms with Crippen molar-refractivity contribution in [2.24, 2.45) is 17.4 Å². The van der Waals surface area contributed by atoms with Gasteiger partial charge in [0.25, 0.3) is 11.8 Å². The minimum absolute atomic E-state index is 0. The summed E-state index contributed by atoms with van der Waals surface area (Å²) in [6.45, 7) is 0.387. The molecule has 0 aliphatic heterocycles. The number of carbonyl (C=O) groups excluding carboxylic acids is 2. The second-order valence-corrected chi connectivity index (χ2v) is 6.74. The molecule has 1 saturated carbocycles. The van der Waals surface area contributed by atoms with Crippen LogP contribution in [0.15, 0.2) is 36.4 Å². The van der Waals surface area contributed by atoms with Crippen LogP contribution in [0.4, 0.5) is 0 Å². The van der Waals surface area contributed by atoms with Crippen LogP contribution in [0.5, 0.6) is 0 Å². The topological polar surface area (TPSA) is 116 Å². The number of aromatic nitrogens is 2. The SMILES string of the molecule is Cl.NCC(NC(=O)c1cc(C(N)=O)n(-c2ccccc2)n1)C1CCCCC1. The van der Waals surface area contributed by atoms with Gasteiger partial charge in [0.15, 0.2) is 5.69 Å². The predicted octanol–water partition coefficient (Wildman–Crippen LogP) is 2.03. The summed E-state index contributed by atoms with van der Waals surface area (Å²) in [4.78, 5) is 24.4. The van der Waals surface area contributed by atoms with Crippen LogP contribution in [-0.4, -0.2) is 34.2 Å². The van der Waals surface area contributed by atoms with E-state index < -0.39 is 5.91 Å². The van der Waals surface area contributed by atoms with Crippen molar-refractivity contribution in [2.75, 3.05) is 6.54 Å². The Morgan fingerprint density at radius 3 is 2.44 bits per heavy atom.